The van der Waals surface area contributed by atoms with Crippen molar-refractivity contribution in [3.05, 3.63) is 0 Å². The van der Waals surface area contributed by atoms with Crippen molar-refractivity contribution in [2.45, 2.75) is 82.3 Å². The highest BCUT2D eigenvalue weighted by Gasteiger charge is 3.02. The highest BCUT2D eigenvalue weighted by molar-refractivity contribution is 5.91. The molecule has 6 fully saturated rings. The average molecular weight is 426 g/mol. The van der Waals surface area contributed by atoms with Crippen molar-refractivity contribution in [2.75, 3.05) is 0 Å². The molecule has 6 aliphatic rings. The molecule has 0 amide bonds. The van der Waals surface area contributed by atoms with E-state index in [0.717, 1.165) is 0 Å². The maximum absolute atomic E-state index is 13.4. The summed E-state index contributed by atoms with van der Waals surface area (Å²) in [4.78, 5) is 25.9. The fourth-order valence-electron chi connectivity index (χ4n) is 8.35. The molecular weight excluding hydrogens is 400 g/mol. The lowest BCUT2D eigenvalue weighted by Gasteiger charge is -2.46. The molecule has 0 aromatic heterocycles. The smallest absolute Gasteiger partial charge is 0.342 e. The molecule has 10 nitrogen and oxygen atoms in total. The molecule has 12 atom stereocenters. The van der Waals surface area contributed by atoms with Crippen molar-refractivity contribution in [1.29, 1.82) is 0 Å². The Morgan fingerprint density at radius 3 is 2.40 bits per heavy atom. The third-order valence-corrected chi connectivity index (χ3v) is 9.07. The Kier molecular flexibility index (Phi) is 3.15. The first-order chi connectivity index (χ1) is 13.8. The topological polar surface area (TPSA) is 152 Å². The lowest BCUT2D eigenvalue weighted by atomic mass is 9.51. The lowest BCUT2D eigenvalue weighted by molar-refractivity contribution is -0.239. The Morgan fingerprint density at radius 1 is 1.10 bits per heavy atom. The summed E-state index contributed by atoms with van der Waals surface area (Å²) in [7, 11) is 0. The van der Waals surface area contributed by atoms with Crippen LogP contribution in [0.3, 0.4) is 0 Å². The van der Waals surface area contributed by atoms with E-state index in [0.29, 0.717) is 0 Å². The third kappa shape index (κ3) is 1.41. The number of carbonyl (C=O) groups is 2. The first kappa shape index (κ1) is 19.4. The summed E-state index contributed by atoms with van der Waals surface area (Å²) < 4.78 is 22.9. The number of aliphatic hydroxyl groups excluding tert-OH is 3. The number of hydrogen-bond donors (Lipinski definition) is 4. The molecule has 0 aromatic carbocycles. The summed E-state index contributed by atoms with van der Waals surface area (Å²) in [6.07, 6.45) is -7.80. The van der Waals surface area contributed by atoms with Gasteiger partial charge < -0.3 is 39.4 Å². The second-order valence-electron chi connectivity index (χ2n) is 10.9. The molecule has 4 aliphatic heterocycles. The van der Waals surface area contributed by atoms with Gasteiger partial charge in [-0.1, -0.05) is 27.7 Å². The number of carbonyl (C=O) groups excluding carboxylic acids is 2. The Morgan fingerprint density at radius 2 is 1.77 bits per heavy atom. The number of aliphatic hydroxyl groups is 4. The zero-order valence-corrected chi connectivity index (χ0v) is 17.1. The summed E-state index contributed by atoms with van der Waals surface area (Å²) in [6.45, 7) is 7.11. The maximum Gasteiger partial charge on any atom is 0.342 e. The number of rotatable bonds is 0. The van der Waals surface area contributed by atoms with E-state index in [9.17, 15) is 30.0 Å². The van der Waals surface area contributed by atoms with Crippen LogP contribution in [-0.2, 0) is 28.5 Å². The van der Waals surface area contributed by atoms with Gasteiger partial charge in [0.05, 0.1) is 23.0 Å². The molecule has 30 heavy (non-hydrogen) atoms. The van der Waals surface area contributed by atoms with Crippen LogP contribution < -0.4 is 0 Å². The molecule has 4 heterocycles. The normalized spacial score (nSPS) is 62.8. The van der Waals surface area contributed by atoms with Crippen molar-refractivity contribution in [1.82, 2.24) is 0 Å². The summed E-state index contributed by atoms with van der Waals surface area (Å²) in [6, 6.07) is 0. The molecule has 0 bridgehead atoms. The Labute approximate surface area is 172 Å². The van der Waals surface area contributed by atoms with Gasteiger partial charge in [0.2, 0.25) is 11.9 Å². The van der Waals surface area contributed by atoms with Crippen LogP contribution in [0.25, 0.3) is 0 Å². The largest absolute Gasteiger partial charge is 0.457 e. The van der Waals surface area contributed by atoms with Crippen LogP contribution in [0.1, 0.15) is 34.1 Å². The van der Waals surface area contributed by atoms with Gasteiger partial charge in [-0.15, -0.1) is 0 Å². The fraction of sp³-hybridized carbons (Fsp3) is 0.900. The second-order valence-corrected chi connectivity index (χ2v) is 10.9. The van der Waals surface area contributed by atoms with Crippen LogP contribution in [0.5, 0.6) is 0 Å². The third-order valence-electron chi connectivity index (χ3n) is 9.07. The minimum atomic E-state index is -2.06. The van der Waals surface area contributed by atoms with Gasteiger partial charge in [-0.05, 0) is 11.8 Å². The van der Waals surface area contributed by atoms with Gasteiger partial charge in [-0.3, -0.25) is 0 Å². The standard InChI is InChI=1S/C20H26O10/c1-6-12(23)27-7-5-17-11-8(21)9(16(2,3)4)18(17)10(22)13(24)29-15(18)30-20(17,14(25)28-11)19(6,7)26/h6-12,15,21-23,26H,5H2,1-4H3/t6-,7?,8-,9?,10+,11?,12?,15?,17?,18?,19-,20-/m1/s1. The van der Waals surface area contributed by atoms with E-state index in [2.05, 4.69) is 0 Å². The van der Waals surface area contributed by atoms with Crippen molar-refractivity contribution in [3.63, 3.8) is 0 Å². The van der Waals surface area contributed by atoms with Crippen molar-refractivity contribution in [3.8, 4) is 0 Å². The van der Waals surface area contributed by atoms with E-state index in [1.54, 1.807) is 0 Å². The molecule has 7 unspecified atom stereocenters. The summed E-state index contributed by atoms with van der Waals surface area (Å²) >= 11 is 0. The minimum Gasteiger partial charge on any atom is -0.457 e. The van der Waals surface area contributed by atoms with Gasteiger partial charge in [0.15, 0.2) is 12.4 Å². The molecule has 10 heteroatoms. The van der Waals surface area contributed by atoms with Gasteiger partial charge in [0.25, 0.3) is 0 Å². The monoisotopic (exact) mass is 426 g/mol. The van der Waals surface area contributed by atoms with Gasteiger partial charge in [0, 0.05) is 11.8 Å². The van der Waals surface area contributed by atoms with Crippen LogP contribution in [0.2, 0.25) is 0 Å². The van der Waals surface area contributed by atoms with E-state index < -0.39 is 88.2 Å². The van der Waals surface area contributed by atoms with Gasteiger partial charge in [-0.25, -0.2) is 9.59 Å². The number of esters is 2. The highest BCUT2D eigenvalue weighted by atomic mass is 16.8. The molecule has 0 radical (unpaired) electrons. The Bertz CT molecular complexity index is 883. The lowest BCUT2D eigenvalue weighted by Crippen LogP contribution is -2.66. The van der Waals surface area contributed by atoms with Crippen LogP contribution in [0.4, 0.5) is 0 Å². The summed E-state index contributed by atoms with van der Waals surface area (Å²) in [5.74, 6) is -3.48. The maximum atomic E-state index is 13.4. The van der Waals surface area contributed by atoms with Gasteiger partial charge >= 0.3 is 11.9 Å². The SMILES string of the molecule is C[C@@H]1C(O)OC2CC34C5OC(=O)[C@]3(OC3OC(=O)[C@H](O)C34C(C(C)(C)C)[C@H]5O)[C@]21O. The van der Waals surface area contributed by atoms with E-state index in [1.807, 2.05) is 20.8 Å². The average Bonchev–Trinajstić information content (AvgIpc) is 3.32. The highest BCUT2D eigenvalue weighted by Crippen LogP contribution is 2.84. The van der Waals surface area contributed by atoms with Crippen LogP contribution in [0, 0.1) is 28.1 Å². The summed E-state index contributed by atoms with van der Waals surface area (Å²) in [5, 5.41) is 44.8. The molecule has 166 valence electrons. The first-order valence-electron chi connectivity index (χ1n) is 10.3. The number of hydrogen-bond acceptors (Lipinski definition) is 10. The predicted molar refractivity (Wildman–Crippen MR) is 93.0 cm³/mol. The molecule has 2 spiro atoms. The van der Waals surface area contributed by atoms with E-state index in [4.69, 9.17) is 18.9 Å². The number of ether oxygens (including phenoxy) is 4. The Hall–Kier alpha value is -1.30. The molecule has 2 saturated carbocycles. The minimum absolute atomic E-state index is 0.0465. The van der Waals surface area contributed by atoms with E-state index >= 15 is 0 Å². The van der Waals surface area contributed by atoms with Crippen LogP contribution in [-0.4, -0.2) is 80.6 Å². The summed E-state index contributed by atoms with van der Waals surface area (Å²) in [5.41, 5.74) is -7.71. The fourth-order valence-corrected chi connectivity index (χ4v) is 8.35. The van der Waals surface area contributed by atoms with Crippen LogP contribution >= 0.6 is 0 Å². The molecule has 2 aliphatic carbocycles. The van der Waals surface area contributed by atoms with Gasteiger partial charge in [-0.2, -0.15) is 0 Å². The second kappa shape index (κ2) is 4.87. The van der Waals surface area contributed by atoms with Gasteiger partial charge in [0.1, 0.15) is 11.7 Å². The first-order valence-corrected chi connectivity index (χ1v) is 10.3. The van der Waals surface area contributed by atoms with Crippen molar-refractivity contribution < 1.29 is 49.0 Å². The zero-order chi connectivity index (χ0) is 21.8. The Balaban J connectivity index is 1.70. The molecule has 6 rings (SSSR count). The van der Waals surface area contributed by atoms with Crippen molar-refractivity contribution in [2.24, 2.45) is 28.1 Å². The zero-order valence-electron chi connectivity index (χ0n) is 17.1. The van der Waals surface area contributed by atoms with E-state index in [-0.39, 0.29) is 6.42 Å². The number of fused-ring (bicyclic) bond motifs is 1. The molecule has 4 N–H and O–H groups in total. The van der Waals surface area contributed by atoms with Crippen molar-refractivity contribution >= 4 is 11.9 Å². The predicted octanol–water partition coefficient (Wildman–Crippen LogP) is -1.58. The quantitative estimate of drug-likeness (QED) is 0.334. The van der Waals surface area contributed by atoms with Crippen LogP contribution in [0.15, 0.2) is 0 Å². The molecule has 4 saturated heterocycles. The molecule has 0 aromatic rings. The molecular formula is C20H26O10. The van der Waals surface area contributed by atoms with E-state index in [1.165, 1.54) is 6.92 Å².